The smallest absolute Gasteiger partial charge is 0.277 e. The van der Waals surface area contributed by atoms with Crippen LogP contribution in [0.2, 0.25) is 0 Å². The van der Waals surface area contributed by atoms with Crippen LogP contribution in [0.1, 0.15) is 49.3 Å². The molecule has 0 fully saturated rings. The first-order chi connectivity index (χ1) is 12.5. The molecule has 1 aliphatic rings. The van der Waals surface area contributed by atoms with E-state index in [1.165, 1.54) is 11.1 Å². The van der Waals surface area contributed by atoms with Gasteiger partial charge in [-0.1, -0.05) is 44.2 Å². The Bertz CT molecular complexity index is 831. The van der Waals surface area contributed by atoms with Crippen molar-refractivity contribution in [3.8, 4) is 5.75 Å². The van der Waals surface area contributed by atoms with Gasteiger partial charge in [-0.05, 0) is 64.4 Å². The largest absolute Gasteiger partial charge is 0.483 e. The summed E-state index contributed by atoms with van der Waals surface area (Å²) in [6.07, 6.45) is 2.99. The van der Waals surface area contributed by atoms with E-state index in [9.17, 15) is 4.79 Å². The third-order valence-corrected chi connectivity index (χ3v) is 5.10. The van der Waals surface area contributed by atoms with E-state index in [2.05, 4.69) is 52.4 Å². The molecule has 4 nitrogen and oxygen atoms in total. The molecule has 26 heavy (non-hydrogen) atoms. The SMILES string of the molecule is CC(C)c1ccc(OCC(=O)N/N=C2/CCCc3ccccc32)c(Br)c1. The zero-order valence-electron chi connectivity index (χ0n) is 15.1. The van der Waals surface area contributed by atoms with Crippen LogP contribution in [-0.4, -0.2) is 18.2 Å². The van der Waals surface area contributed by atoms with Gasteiger partial charge in [0.25, 0.3) is 5.91 Å². The van der Waals surface area contributed by atoms with Gasteiger partial charge in [-0.25, -0.2) is 5.43 Å². The number of benzene rings is 2. The number of carbonyl (C=O) groups excluding carboxylic acids is 1. The average Bonchev–Trinajstić information content (AvgIpc) is 2.65. The molecule has 2 aromatic rings. The number of hydrogen-bond acceptors (Lipinski definition) is 3. The van der Waals surface area contributed by atoms with E-state index < -0.39 is 0 Å². The van der Waals surface area contributed by atoms with Crippen molar-refractivity contribution < 1.29 is 9.53 Å². The lowest BCUT2D eigenvalue weighted by molar-refractivity contribution is -0.123. The molecule has 5 heteroatoms. The molecule has 0 bridgehead atoms. The van der Waals surface area contributed by atoms with Crippen LogP contribution in [0.3, 0.4) is 0 Å². The molecule has 0 radical (unpaired) electrons. The summed E-state index contributed by atoms with van der Waals surface area (Å²) >= 11 is 3.50. The summed E-state index contributed by atoms with van der Waals surface area (Å²) in [4.78, 5) is 12.1. The van der Waals surface area contributed by atoms with Crippen LogP contribution in [0, 0.1) is 0 Å². The molecule has 0 saturated heterocycles. The van der Waals surface area contributed by atoms with Crippen LogP contribution in [0.25, 0.3) is 0 Å². The highest BCUT2D eigenvalue weighted by Crippen LogP contribution is 2.28. The van der Waals surface area contributed by atoms with Gasteiger partial charge in [0.1, 0.15) is 5.75 Å². The quantitative estimate of drug-likeness (QED) is 0.713. The fourth-order valence-corrected chi connectivity index (χ4v) is 3.53. The fraction of sp³-hybridized carbons (Fsp3) is 0.333. The molecule has 0 saturated carbocycles. The maximum absolute atomic E-state index is 12.1. The predicted molar refractivity (Wildman–Crippen MR) is 108 cm³/mol. The van der Waals surface area contributed by atoms with Gasteiger partial charge in [0.05, 0.1) is 10.2 Å². The van der Waals surface area contributed by atoms with E-state index in [0.717, 1.165) is 35.0 Å². The molecule has 1 N–H and O–H groups in total. The minimum Gasteiger partial charge on any atom is -0.483 e. The summed E-state index contributed by atoms with van der Waals surface area (Å²) in [6, 6.07) is 14.1. The highest BCUT2D eigenvalue weighted by Gasteiger charge is 2.15. The van der Waals surface area contributed by atoms with E-state index in [1.807, 2.05) is 30.3 Å². The topological polar surface area (TPSA) is 50.7 Å². The maximum atomic E-state index is 12.1. The minimum atomic E-state index is -0.264. The van der Waals surface area contributed by atoms with Gasteiger partial charge in [0.2, 0.25) is 0 Å². The average molecular weight is 415 g/mol. The van der Waals surface area contributed by atoms with Gasteiger partial charge in [-0.3, -0.25) is 4.79 Å². The van der Waals surface area contributed by atoms with E-state index >= 15 is 0 Å². The van der Waals surface area contributed by atoms with E-state index in [-0.39, 0.29) is 12.5 Å². The van der Waals surface area contributed by atoms with Gasteiger partial charge in [0, 0.05) is 5.56 Å². The van der Waals surface area contributed by atoms with Crippen molar-refractivity contribution in [3.63, 3.8) is 0 Å². The fourth-order valence-electron chi connectivity index (χ4n) is 3.02. The Morgan fingerprint density at radius 1 is 1.23 bits per heavy atom. The van der Waals surface area contributed by atoms with E-state index in [4.69, 9.17) is 4.74 Å². The number of amides is 1. The molecule has 3 rings (SSSR count). The number of ether oxygens (including phenoxy) is 1. The van der Waals surface area contributed by atoms with Crippen molar-refractivity contribution in [2.24, 2.45) is 5.10 Å². The molecule has 2 aromatic carbocycles. The molecule has 0 unspecified atom stereocenters. The number of rotatable bonds is 5. The van der Waals surface area contributed by atoms with Gasteiger partial charge in [0.15, 0.2) is 6.61 Å². The van der Waals surface area contributed by atoms with Crippen LogP contribution in [-0.2, 0) is 11.2 Å². The summed E-state index contributed by atoms with van der Waals surface area (Å²) in [5, 5.41) is 4.32. The number of aryl methyl sites for hydroxylation is 1. The van der Waals surface area contributed by atoms with E-state index in [1.54, 1.807) is 0 Å². The molecule has 0 heterocycles. The second-order valence-electron chi connectivity index (χ2n) is 6.74. The van der Waals surface area contributed by atoms with Gasteiger partial charge in [-0.15, -0.1) is 0 Å². The number of fused-ring (bicyclic) bond motifs is 1. The second-order valence-corrected chi connectivity index (χ2v) is 7.59. The lowest BCUT2D eigenvalue weighted by Crippen LogP contribution is -2.27. The second kappa shape index (κ2) is 8.49. The summed E-state index contributed by atoms with van der Waals surface area (Å²) in [5.41, 5.74) is 7.19. The van der Waals surface area contributed by atoms with Crippen molar-refractivity contribution in [1.82, 2.24) is 5.43 Å². The van der Waals surface area contributed by atoms with Gasteiger partial charge in [-0.2, -0.15) is 5.10 Å². The Hall–Kier alpha value is -2.14. The molecule has 0 atom stereocenters. The summed E-state index contributed by atoms with van der Waals surface area (Å²) < 4.78 is 6.47. The number of hydrogen-bond donors (Lipinski definition) is 1. The lowest BCUT2D eigenvalue weighted by atomic mass is 9.90. The zero-order chi connectivity index (χ0) is 18.5. The monoisotopic (exact) mass is 414 g/mol. The third-order valence-electron chi connectivity index (χ3n) is 4.48. The summed E-state index contributed by atoms with van der Waals surface area (Å²) in [6.45, 7) is 4.20. The number of nitrogens with zero attached hydrogens (tertiary/aromatic N) is 1. The normalized spacial score (nSPS) is 15.0. The van der Waals surface area contributed by atoms with Gasteiger partial charge >= 0.3 is 0 Å². The first-order valence-corrected chi connectivity index (χ1v) is 9.70. The van der Waals surface area contributed by atoms with Crippen molar-refractivity contribution in [3.05, 3.63) is 63.6 Å². The first-order valence-electron chi connectivity index (χ1n) is 8.90. The molecule has 1 aliphatic carbocycles. The van der Waals surface area contributed by atoms with Gasteiger partial charge < -0.3 is 4.74 Å². The van der Waals surface area contributed by atoms with Crippen LogP contribution in [0.15, 0.2) is 52.0 Å². The zero-order valence-corrected chi connectivity index (χ0v) is 16.7. The standard InChI is InChI=1S/C21H23BrN2O2/c1-14(2)16-10-11-20(18(22)12-16)26-13-21(25)24-23-19-9-5-7-15-6-3-4-8-17(15)19/h3-4,6,8,10-12,14H,5,7,9,13H2,1-2H3,(H,24,25)/b23-19-. The summed E-state index contributed by atoms with van der Waals surface area (Å²) in [7, 11) is 0. The van der Waals surface area contributed by atoms with Crippen molar-refractivity contribution >= 4 is 27.5 Å². The molecular formula is C21H23BrN2O2. The number of halogens is 1. The predicted octanol–water partition coefficient (Wildman–Crippen LogP) is 4.81. The van der Waals surface area contributed by atoms with E-state index in [0.29, 0.717) is 11.7 Å². The van der Waals surface area contributed by atoms with Crippen molar-refractivity contribution in [2.45, 2.75) is 39.0 Å². The van der Waals surface area contributed by atoms with Crippen LogP contribution in [0.5, 0.6) is 5.75 Å². The molecule has 1 amide bonds. The van der Waals surface area contributed by atoms with Crippen molar-refractivity contribution in [1.29, 1.82) is 0 Å². The Morgan fingerprint density at radius 3 is 2.81 bits per heavy atom. The Kier molecular flexibility index (Phi) is 6.09. The minimum absolute atomic E-state index is 0.0714. The van der Waals surface area contributed by atoms with Crippen molar-refractivity contribution in [2.75, 3.05) is 6.61 Å². The molecule has 0 aliphatic heterocycles. The highest BCUT2D eigenvalue weighted by molar-refractivity contribution is 9.10. The molecule has 0 spiro atoms. The summed E-state index contributed by atoms with van der Waals surface area (Å²) in [5.74, 6) is 0.832. The molecular weight excluding hydrogens is 392 g/mol. The highest BCUT2D eigenvalue weighted by atomic mass is 79.9. The Morgan fingerprint density at radius 2 is 2.04 bits per heavy atom. The number of nitrogens with one attached hydrogen (secondary N) is 1. The lowest BCUT2D eigenvalue weighted by Gasteiger charge is -2.17. The number of hydrazone groups is 1. The van der Waals surface area contributed by atoms with Crippen LogP contribution < -0.4 is 10.2 Å². The third kappa shape index (κ3) is 4.52. The Balaban J connectivity index is 1.59. The molecule has 136 valence electrons. The maximum Gasteiger partial charge on any atom is 0.277 e. The van der Waals surface area contributed by atoms with Crippen LogP contribution >= 0.6 is 15.9 Å². The first kappa shape index (κ1) is 18.6. The molecule has 0 aromatic heterocycles. The van der Waals surface area contributed by atoms with Crippen LogP contribution in [0.4, 0.5) is 0 Å². The number of carbonyl (C=O) groups is 1. The Labute approximate surface area is 162 Å².